The Morgan fingerprint density at radius 3 is 2.65 bits per heavy atom. The van der Waals surface area contributed by atoms with E-state index in [1.807, 2.05) is 0 Å². The quantitative estimate of drug-likeness (QED) is 0.904. The van der Waals surface area contributed by atoms with Crippen molar-refractivity contribution >= 4 is 11.9 Å². The van der Waals surface area contributed by atoms with Crippen molar-refractivity contribution in [3.8, 4) is 0 Å². The zero-order valence-corrected chi connectivity index (χ0v) is 11.6. The van der Waals surface area contributed by atoms with E-state index in [1.54, 1.807) is 19.9 Å². The summed E-state index contributed by atoms with van der Waals surface area (Å²) in [6.07, 6.45) is 1.19. The number of aliphatic carboxylic acids is 1. The highest BCUT2D eigenvalue weighted by molar-refractivity contribution is 5.95. The van der Waals surface area contributed by atoms with Crippen LogP contribution in [-0.4, -0.2) is 35.0 Å². The molecule has 0 radical (unpaired) electrons. The first kappa shape index (κ1) is 14.5. The second-order valence-electron chi connectivity index (χ2n) is 5.71. The average Bonchev–Trinajstić information content (AvgIpc) is 2.36. The molecule has 0 spiro atoms. The van der Waals surface area contributed by atoms with Gasteiger partial charge in [0, 0.05) is 18.7 Å². The predicted molar refractivity (Wildman–Crippen MR) is 72.0 cm³/mol. The summed E-state index contributed by atoms with van der Waals surface area (Å²) in [5.74, 6) is -1.66. The van der Waals surface area contributed by atoms with Gasteiger partial charge in [0.25, 0.3) is 5.91 Å². The van der Waals surface area contributed by atoms with Gasteiger partial charge in [-0.25, -0.2) is 4.39 Å². The molecule has 0 aromatic heterocycles. The van der Waals surface area contributed by atoms with Crippen LogP contribution in [0.15, 0.2) is 18.2 Å². The lowest BCUT2D eigenvalue weighted by molar-refractivity contribution is -0.150. The summed E-state index contributed by atoms with van der Waals surface area (Å²) in [7, 11) is 0. The fourth-order valence-corrected chi connectivity index (χ4v) is 2.63. The topological polar surface area (TPSA) is 57.6 Å². The number of carboxylic acids is 1. The summed E-state index contributed by atoms with van der Waals surface area (Å²) in [5, 5.41) is 9.26. The van der Waals surface area contributed by atoms with E-state index in [9.17, 15) is 19.1 Å². The normalized spacial score (nSPS) is 22.6. The van der Waals surface area contributed by atoms with Gasteiger partial charge < -0.3 is 10.0 Å². The number of carboxylic acid groups (broad SMARTS) is 1. The van der Waals surface area contributed by atoms with Crippen LogP contribution in [0.2, 0.25) is 0 Å². The number of likely N-dealkylation sites (tertiary alicyclic amines) is 1. The molecule has 1 fully saturated rings. The molecule has 0 aliphatic carbocycles. The van der Waals surface area contributed by atoms with Gasteiger partial charge in [-0.15, -0.1) is 0 Å². The number of aryl methyl sites for hydroxylation is 1. The zero-order chi connectivity index (χ0) is 14.9. The van der Waals surface area contributed by atoms with Crippen LogP contribution in [0.25, 0.3) is 0 Å². The second-order valence-corrected chi connectivity index (χ2v) is 5.71. The lowest BCUT2D eigenvalue weighted by atomic mass is 9.82. The van der Waals surface area contributed by atoms with Crippen molar-refractivity contribution in [2.45, 2.75) is 26.7 Å². The molecule has 2 rings (SSSR count). The second kappa shape index (κ2) is 5.23. The van der Waals surface area contributed by atoms with E-state index in [2.05, 4.69) is 0 Å². The Balaban J connectivity index is 2.22. The molecule has 1 heterocycles. The molecule has 5 heteroatoms. The molecule has 1 aliphatic rings. The summed E-state index contributed by atoms with van der Waals surface area (Å²) in [6, 6.07) is 4.18. The lowest BCUT2D eigenvalue weighted by Gasteiger charge is -2.37. The molecule has 1 unspecified atom stereocenters. The molecule has 1 aromatic carbocycles. The average molecular weight is 279 g/mol. The van der Waals surface area contributed by atoms with Crippen LogP contribution in [0, 0.1) is 18.2 Å². The van der Waals surface area contributed by atoms with Crippen LogP contribution < -0.4 is 0 Å². The third kappa shape index (κ3) is 2.81. The van der Waals surface area contributed by atoms with Crippen molar-refractivity contribution in [1.82, 2.24) is 4.90 Å². The van der Waals surface area contributed by atoms with E-state index in [-0.39, 0.29) is 18.0 Å². The van der Waals surface area contributed by atoms with Gasteiger partial charge in [0.15, 0.2) is 0 Å². The van der Waals surface area contributed by atoms with Gasteiger partial charge in [-0.2, -0.15) is 0 Å². The Labute approximate surface area is 117 Å². The fourth-order valence-electron chi connectivity index (χ4n) is 2.63. The number of hydrogen-bond donors (Lipinski definition) is 1. The van der Waals surface area contributed by atoms with Crippen LogP contribution >= 0.6 is 0 Å². The molecule has 108 valence electrons. The highest BCUT2D eigenvalue weighted by atomic mass is 19.1. The van der Waals surface area contributed by atoms with Gasteiger partial charge in [-0.05, 0) is 50.5 Å². The fraction of sp³-hybridized carbons (Fsp3) is 0.467. The van der Waals surface area contributed by atoms with Crippen LogP contribution in [0.3, 0.4) is 0 Å². The number of piperidine rings is 1. The highest BCUT2D eigenvalue weighted by Gasteiger charge is 2.39. The number of hydrogen-bond acceptors (Lipinski definition) is 2. The number of carbonyl (C=O) groups excluding carboxylic acids is 1. The van der Waals surface area contributed by atoms with Gasteiger partial charge in [0.05, 0.1) is 5.41 Å². The molecule has 1 aromatic rings. The Kier molecular flexibility index (Phi) is 3.79. The highest BCUT2D eigenvalue weighted by Crippen LogP contribution is 2.30. The van der Waals surface area contributed by atoms with Gasteiger partial charge in [0.1, 0.15) is 5.82 Å². The minimum Gasteiger partial charge on any atom is -0.481 e. The summed E-state index contributed by atoms with van der Waals surface area (Å²) >= 11 is 0. The summed E-state index contributed by atoms with van der Waals surface area (Å²) in [6.45, 7) is 4.04. The van der Waals surface area contributed by atoms with Crippen molar-refractivity contribution < 1.29 is 19.1 Å². The molecule has 1 saturated heterocycles. The van der Waals surface area contributed by atoms with Gasteiger partial charge >= 0.3 is 5.97 Å². The number of halogens is 1. The molecule has 1 aliphatic heterocycles. The molecule has 4 nitrogen and oxygen atoms in total. The standard InChI is InChI=1S/C15H18FNO3/c1-10-6-11(8-12(16)7-10)13(18)17-5-3-4-15(2,9-17)14(19)20/h6-8H,3-5,9H2,1-2H3,(H,19,20). The smallest absolute Gasteiger partial charge is 0.311 e. The molecule has 0 bridgehead atoms. The Morgan fingerprint density at radius 1 is 1.35 bits per heavy atom. The first-order valence-electron chi connectivity index (χ1n) is 6.62. The molecular formula is C15H18FNO3. The Bertz CT molecular complexity index is 538. The van der Waals surface area contributed by atoms with E-state index in [4.69, 9.17) is 0 Å². The van der Waals surface area contributed by atoms with Crippen LogP contribution in [-0.2, 0) is 4.79 Å². The number of rotatable bonds is 2. The van der Waals surface area contributed by atoms with Crippen molar-refractivity contribution in [3.05, 3.63) is 35.1 Å². The number of nitrogens with zero attached hydrogens (tertiary/aromatic N) is 1. The van der Waals surface area contributed by atoms with E-state index in [0.29, 0.717) is 24.9 Å². The maximum Gasteiger partial charge on any atom is 0.311 e. The number of carbonyl (C=O) groups is 2. The molecule has 0 saturated carbocycles. The van der Waals surface area contributed by atoms with Crippen LogP contribution in [0.5, 0.6) is 0 Å². The maximum atomic E-state index is 13.4. The van der Waals surface area contributed by atoms with Crippen molar-refractivity contribution in [2.75, 3.05) is 13.1 Å². The third-order valence-corrected chi connectivity index (χ3v) is 3.79. The SMILES string of the molecule is Cc1cc(F)cc(C(=O)N2CCCC(C)(C(=O)O)C2)c1. The number of benzene rings is 1. The summed E-state index contributed by atoms with van der Waals surface area (Å²) < 4.78 is 13.4. The molecule has 1 amide bonds. The van der Waals surface area contributed by atoms with Crippen molar-refractivity contribution in [2.24, 2.45) is 5.41 Å². The molecular weight excluding hydrogens is 261 g/mol. The molecule has 20 heavy (non-hydrogen) atoms. The van der Waals surface area contributed by atoms with E-state index >= 15 is 0 Å². The monoisotopic (exact) mass is 279 g/mol. The Morgan fingerprint density at radius 2 is 2.05 bits per heavy atom. The summed E-state index contributed by atoms with van der Waals surface area (Å²) in [5.41, 5.74) is 0.0273. The lowest BCUT2D eigenvalue weighted by Crippen LogP contribution is -2.48. The van der Waals surface area contributed by atoms with E-state index in [1.165, 1.54) is 17.0 Å². The van der Waals surface area contributed by atoms with Crippen LogP contribution in [0.4, 0.5) is 4.39 Å². The first-order chi connectivity index (χ1) is 9.32. The minimum absolute atomic E-state index is 0.163. The first-order valence-corrected chi connectivity index (χ1v) is 6.62. The predicted octanol–water partition coefficient (Wildman–Crippen LogP) is 2.46. The van der Waals surface area contributed by atoms with Crippen LogP contribution in [0.1, 0.15) is 35.7 Å². The maximum absolute atomic E-state index is 13.4. The van der Waals surface area contributed by atoms with Gasteiger partial charge in [-0.1, -0.05) is 0 Å². The molecule has 1 atom stereocenters. The minimum atomic E-state index is -0.920. The zero-order valence-electron chi connectivity index (χ0n) is 11.6. The van der Waals surface area contributed by atoms with Gasteiger partial charge in [0.2, 0.25) is 0 Å². The summed E-state index contributed by atoms with van der Waals surface area (Å²) in [4.78, 5) is 25.2. The third-order valence-electron chi connectivity index (χ3n) is 3.79. The number of amides is 1. The largest absolute Gasteiger partial charge is 0.481 e. The van der Waals surface area contributed by atoms with Crippen molar-refractivity contribution in [3.63, 3.8) is 0 Å². The van der Waals surface area contributed by atoms with E-state index < -0.39 is 17.2 Å². The van der Waals surface area contributed by atoms with Crippen molar-refractivity contribution in [1.29, 1.82) is 0 Å². The Hall–Kier alpha value is -1.91. The van der Waals surface area contributed by atoms with E-state index in [0.717, 1.165) is 0 Å². The van der Waals surface area contributed by atoms with Gasteiger partial charge in [-0.3, -0.25) is 9.59 Å². The molecule has 1 N–H and O–H groups in total.